The van der Waals surface area contributed by atoms with Gasteiger partial charge in [0.05, 0.1) is 6.10 Å². The number of benzene rings is 1. The Hall–Kier alpha value is -2.39. The first-order chi connectivity index (χ1) is 12.9. The van der Waals surface area contributed by atoms with E-state index < -0.39 is 12.1 Å². The van der Waals surface area contributed by atoms with Crippen LogP contribution >= 0.6 is 0 Å². The van der Waals surface area contributed by atoms with Crippen molar-refractivity contribution in [2.24, 2.45) is 5.92 Å². The minimum absolute atomic E-state index is 0.0619. The summed E-state index contributed by atoms with van der Waals surface area (Å²) in [6.07, 6.45) is 2.70. The maximum Gasteiger partial charge on any atom is 0.303 e. The minimum Gasteiger partial charge on any atom is -0.491 e. The van der Waals surface area contributed by atoms with Gasteiger partial charge in [-0.25, -0.2) is 4.39 Å². The first-order valence-corrected chi connectivity index (χ1v) is 9.13. The van der Waals surface area contributed by atoms with Gasteiger partial charge in [-0.1, -0.05) is 0 Å². The van der Waals surface area contributed by atoms with E-state index in [1.165, 1.54) is 31.2 Å². The minimum atomic E-state index is -0.833. The molecule has 2 unspecified atom stereocenters. The molecule has 0 aliphatic rings. The van der Waals surface area contributed by atoms with Gasteiger partial charge in [0.1, 0.15) is 24.0 Å². The average molecular weight is 378 g/mol. The van der Waals surface area contributed by atoms with Crippen LogP contribution in [0.2, 0.25) is 0 Å². The van der Waals surface area contributed by atoms with Crippen LogP contribution in [0.25, 0.3) is 0 Å². The third-order valence-electron chi connectivity index (χ3n) is 4.09. The molecule has 1 rings (SSSR count). The van der Waals surface area contributed by atoms with E-state index >= 15 is 0 Å². The summed E-state index contributed by atoms with van der Waals surface area (Å²) in [4.78, 5) is 22.1. The molecule has 0 aliphatic heterocycles. The number of aliphatic hydroxyl groups is 1. The van der Waals surface area contributed by atoms with Crippen molar-refractivity contribution in [1.29, 1.82) is 0 Å². The number of hydrogen-bond acceptors (Lipinski definition) is 4. The van der Waals surface area contributed by atoms with Gasteiger partial charge in [-0.2, -0.15) is 0 Å². The van der Waals surface area contributed by atoms with Crippen LogP contribution in [0.15, 0.2) is 24.3 Å². The molecular formula is C21H27FO5. The third-order valence-corrected chi connectivity index (χ3v) is 4.09. The first kappa shape index (κ1) is 22.7. The van der Waals surface area contributed by atoms with Crippen molar-refractivity contribution in [3.63, 3.8) is 0 Å². The lowest BCUT2D eigenvalue weighted by atomic mass is 9.94. The van der Waals surface area contributed by atoms with Crippen molar-refractivity contribution in [2.45, 2.75) is 58.0 Å². The summed E-state index contributed by atoms with van der Waals surface area (Å²) in [7, 11) is 0. The summed E-state index contributed by atoms with van der Waals surface area (Å²) in [5.74, 6) is 5.06. The van der Waals surface area contributed by atoms with Gasteiger partial charge in [0.2, 0.25) is 0 Å². The topological polar surface area (TPSA) is 83.8 Å². The third kappa shape index (κ3) is 11.0. The molecule has 27 heavy (non-hydrogen) atoms. The van der Waals surface area contributed by atoms with E-state index in [9.17, 15) is 19.1 Å². The highest BCUT2D eigenvalue weighted by Crippen LogP contribution is 2.16. The summed E-state index contributed by atoms with van der Waals surface area (Å²) in [5.41, 5.74) is 0. The van der Waals surface area contributed by atoms with Gasteiger partial charge in [0.25, 0.3) is 0 Å². The number of carboxylic acid groups (broad SMARTS) is 1. The number of Topliss-reactive ketones (excluding diaryl/α,β-unsaturated/α-hetero) is 1. The summed E-state index contributed by atoms with van der Waals surface area (Å²) in [5, 5.41) is 18.5. The zero-order chi connectivity index (χ0) is 20.1. The maximum atomic E-state index is 12.8. The van der Waals surface area contributed by atoms with Crippen LogP contribution in [-0.2, 0) is 9.59 Å². The molecule has 148 valence electrons. The lowest BCUT2D eigenvalue weighted by Crippen LogP contribution is -2.18. The molecule has 5 nitrogen and oxygen atoms in total. The second-order valence-corrected chi connectivity index (χ2v) is 6.46. The van der Waals surface area contributed by atoms with Crippen LogP contribution in [0.3, 0.4) is 0 Å². The number of hydrogen-bond donors (Lipinski definition) is 2. The van der Waals surface area contributed by atoms with Crippen LogP contribution in [-0.4, -0.2) is 34.7 Å². The molecule has 0 spiro atoms. The van der Waals surface area contributed by atoms with Gasteiger partial charge in [-0.15, -0.1) is 11.8 Å². The summed E-state index contributed by atoms with van der Waals surface area (Å²) < 4.78 is 18.2. The molecule has 0 aromatic heterocycles. The van der Waals surface area contributed by atoms with Crippen molar-refractivity contribution in [1.82, 2.24) is 0 Å². The number of aliphatic carboxylic acids is 1. The fourth-order valence-electron chi connectivity index (χ4n) is 2.47. The Kier molecular flexibility index (Phi) is 10.8. The highest BCUT2D eigenvalue weighted by atomic mass is 19.1. The normalized spacial score (nSPS) is 12.6. The first-order valence-electron chi connectivity index (χ1n) is 9.13. The number of ketones is 1. The van der Waals surface area contributed by atoms with Crippen molar-refractivity contribution >= 4 is 11.8 Å². The SMILES string of the molecule is CC(=O)C(CC#CCCCC(=O)O)CCCC(O)COc1ccc(F)cc1. The van der Waals surface area contributed by atoms with E-state index in [2.05, 4.69) is 11.8 Å². The second kappa shape index (κ2) is 12.9. The van der Waals surface area contributed by atoms with Crippen molar-refractivity contribution < 1.29 is 28.9 Å². The fraction of sp³-hybridized carbons (Fsp3) is 0.524. The zero-order valence-corrected chi connectivity index (χ0v) is 15.6. The maximum absolute atomic E-state index is 12.8. The predicted octanol–water partition coefficient (Wildman–Crippen LogP) is 3.59. The molecule has 0 bridgehead atoms. The van der Waals surface area contributed by atoms with Crippen molar-refractivity contribution in [2.75, 3.05) is 6.61 Å². The summed E-state index contributed by atoms with van der Waals surface area (Å²) in [6, 6.07) is 5.59. The Labute approximate surface area is 159 Å². The van der Waals surface area contributed by atoms with E-state index in [1.54, 1.807) is 0 Å². The second-order valence-electron chi connectivity index (χ2n) is 6.46. The molecule has 2 N–H and O–H groups in total. The zero-order valence-electron chi connectivity index (χ0n) is 15.6. The number of carbonyl (C=O) groups excluding carboxylic acids is 1. The largest absolute Gasteiger partial charge is 0.491 e. The molecule has 0 saturated heterocycles. The van der Waals surface area contributed by atoms with Crippen LogP contribution in [0.5, 0.6) is 5.75 Å². The fourth-order valence-corrected chi connectivity index (χ4v) is 2.47. The molecule has 0 saturated carbocycles. The highest BCUT2D eigenvalue weighted by Gasteiger charge is 2.14. The number of rotatable bonds is 12. The van der Waals surface area contributed by atoms with Crippen molar-refractivity contribution in [3.8, 4) is 17.6 Å². The number of halogens is 1. The van der Waals surface area contributed by atoms with E-state index in [4.69, 9.17) is 9.84 Å². The quantitative estimate of drug-likeness (QED) is 0.429. The predicted molar refractivity (Wildman–Crippen MR) is 99.8 cm³/mol. The smallest absolute Gasteiger partial charge is 0.303 e. The van der Waals surface area contributed by atoms with Crippen LogP contribution in [0.4, 0.5) is 4.39 Å². The van der Waals surface area contributed by atoms with Crippen molar-refractivity contribution in [3.05, 3.63) is 30.1 Å². The Balaban J connectivity index is 2.25. The molecule has 2 atom stereocenters. The number of unbranched alkanes of at least 4 members (excludes halogenated alkanes) is 1. The molecular weight excluding hydrogens is 351 g/mol. The molecule has 0 aliphatic carbocycles. The van der Waals surface area contributed by atoms with Gasteiger partial charge < -0.3 is 14.9 Å². The standard InChI is InChI=1S/C21H27FO5/c1-16(23)17(7-4-2-3-5-10-21(25)26)8-6-9-19(24)15-27-20-13-11-18(22)12-14-20/h11-14,17,19,24H,3,5-10,15H2,1H3,(H,25,26). The summed E-state index contributed by atoms with van der Waals surface area (Å²) in [6.45, 7) is 1.64. The van der Waals surface area contributed by atoms with E-state index in [1.807, 2.05) is 0 Å². The Morgan fingerprint density at radius 1 is 1.15 bits per heavy atom. The lowest BCUT2D eigenvalue weighted by Gasteiger charge is -2.14. The van der Waals surface area contributed by atoms with Crippen LogP contribution < -0.4 is 4.74 Å². The number of ether oxygens (including phenoxy) is 1. The monoisotopic (exact) mass is 378 g/mol. The Morgan fingerprint density at radius 2 is 1.85 bits per heavy atom. The van der Waals surface area contributed by atoms with Gasteiger partial charge in [0, 0.05) is 25.2 Å². The van der Waals surface area contributed by atoms with E-state index in [0.717, 1.165) is 0 Å². The molecule has 0 amide bonds. The van der Waals surface area contributed by atoms with Gasteiger partial charge in [-0.05, 0) is 56.9 Å². The van der Waals surface area contributed by atoms with E-state index in [0.29, 0.717) is 44.3 Å². The molecule has 0 fully saturated rings. The van der Waals surface area contributed by atoms with E-state index in [-0.39, 0.29) is 30.5 Å². The molecule has 0 radical (unpaired) electrons. The number of carbonyl (C=O) groups is 2. The van der Waals surface area contributed by atoms with Crippen LogP contribution in [0.1, 0.15) is 51.9 Å². The molecule has 6 heteroatoms. The molecule has 0 heterocycles. The molecule has 1 aromatic rings. The molecule has 1 aromatic carbocycles. The Bertz CT molecular complexity index is 645. The summed E-state index contributed by atoms with van der Waals surface area (Å²) >= 11 is 0. The van der Waals surface area contributed by atoms with Gasteiger partial charge >= 0.3 is 5.97 Å². The lowest BCUT2D eigenvalue weighted by molar-refractivity contribution is -0.137. The van der Waals surface area contributed by atoms with Crippen LogP contribution in [0, 0.1) is 23.6 Å². The average Bonchev–Trinajstić information content (AvgIpc) is 2.62. The number of carboxylic acids is 1. The Morgan fingerprint density at radius 3 is 2.48 bits per heavy atom. The number of aliphatic hydroxyl groups excluding tert-OH is 1. The van der Waals surface area contributed by atoms with Gasteiger partial charge in [0.15, 0.2) is 0 Å². The van der Waals surface area contributed by atoms with Gasteiger partial charge in [-0.3, -0.25) is 9.59 Å². The highest BCUT2D eigenvalue weighted by molar-refractivity contribution is 5.78.